The van der Waals surface area contributed by atoms with E-state index in [1.807, 2.05) is 26.8 Å². The van der Waals surface area contributed by atoms with Gasteiger partial charge in [0.25, 0.3) is 0 Å². The first kappa shape index (κ1) is 9.46. The molecule has 0 aromatic carbocycles. The minimum absolute atomic E-state index is 0.0810. The summed E-state index contributed by atoms with van der Waals surface area (Å²) in [6.45, 7) is 5.70. The predicted molar refractivity (Wildman–Crippen MR) is 47.8 cm³/mol. The van der Waals surface area contributed by atoms with E-state index >= 15 is 0 Å². The second kappa shape index (κ2) is 3.02. The first-order valence-corrected chi connectivity index (χ1v) is 4.38. The van der Waals surface area contributed by atoms with Crippen LogP contribution in [0, 0.1) is 5.92 Å². The molecule has 1 atom stereocenters. The number of aliphatic hydroxyl groups is 1. The molecule has 0 aromatic rings. The van der Waals surface area contributed by atoms with E-state index in [1.165, 1.54) is 0 Å². The van der Waals surface area contributed by atoms with E-state index in [9.17, 15) is 9.90 Å². The van der Waals surface area contributed by atoms with E-state index in [4.69, 9.17) is 0 Å². The number of ketones is 1. The molecule has 1 aliphatic rings. The molecule has 0 aliphatic heterocycles. The molecular formula is C10H16O2. The van der Waals surface area contributed by atoms with Crippen LogP contribution in [0.2, 0.25) is 0 Å². The standard InChI is InChI=1S/C10H16O2/c1-7(2)10(12)5-4-8(3)9(11)6-10/h4,7,12H,5-6H2,1-3H3/t10-/m1/s1. The number of rotatable bonds is 1. The van der Waals surface area contributed by atoms with Crippen LogP contribution in [0.15, 0.2) is 11.6 Å². The summed E-state index contributed by atoms with van der Waals surface area (Å²) < 4.78 is 0. The maximum absolute atomic E-state index is 11.3. The third-order valence-corrected chi connectivity index (χ3v) is 2.74. The Morgan fingerprint density at radius 3 is 2.58 bits per heavy atom. The second-order valence-corrected chi connectivity index (χ2v) is 3.95. The van der Waals surface area contributed by atoms with E-state index in [0.29, 0.717) is 6.42 Å². The lowest BCUT2D eigenvalue weighted by Gasteiger charge is -2.33. The number of Topliss-reactive ketones (excluding diaryl/α,β-unsaturated/α-hetero) is 1. The minimum Gasteiger partial charge on any atom is -0.389 e. The Hall–Kier alpha value is -0.630. The third kappa shape index (κ3) is 1.58. The van der Waals surface area contributed by atoms with Gasteiger partial charge in [0, 0.05) is 6.42 Å². The molecule has 68 valence electrons. The molecule has 0 saturated heterocycles. The van der Waals surface area contributed by atoms with Gasteiger partial charge in [0.2, 0.25) is 0 Å². The van der Waals surface area contributed by atoms with Gasteiger partial charge in [-0.15, -0.1) is 0 Å². The van der Waals surface area contributed by atoms with Crippen molar-refractivity contribution in [3.05, 3.63) is 11.6 Å². The van der Waals surface area contributed by atoms with Gasteiger partial charge in [0.1, 0.15) is 0 Å². The van der Waals surface area contributed by atoms with Crippen LogP contribution < -0.4 is 0 Å². The molecule has 0 heterocycles. The molecule has 0 aromatic heterocycles. The summed E-state index contributed by atoms with van der Waals surface area (Å²) in [4.78, 5) is 11.3. The summed E-state index contributed by atoms with van der Waals surface area (Å²) in [5, 5.41) is 9.97. The van der Waals surface area contributed by atoms with Crippen LogP contribution in [-0.2, 0) is 4.79 Å². The highest BCUT2D eigenvalue weighted by Crippen LogP contribution is 2.31. The SMILES string of the molecule is CC1=CC[C@](O)(C(C)C)CC1=O. The van der Waals surface area contributed by atoms with Crippen LogP contribution in [-0.4, -0.2) is 16.5 Å². The number of allylic oxidation sites excluding steroid dienone is 1. The van der Waals surface area contributed by atoms with E-state index in [1.54, 1.807) is 0 Å². The van der Waals surface area contributed by atoms with Crippen LogP contribution in [0.4, 0.5) is 0 Å². The fourth-order valence-corrected chi connectivity index (χ4v) is 1.37. The molecule has 12 heavy (non-hydrogen) atoms. The minimum atomic E-state index is -0.795. The monoisotopic (exact) mass is 168 g/mol. The van der Waals surface area contributed by atoms with Gasteiger partial charge < -0.3 is 5.11 Å². The van der Waals surface area contributed by atoms with E-state index < -0.39 is 5.60 Å². The highest BCUT2D eigenvalue weighted by atomic mass is 16.3. The Bertz CT molecular complexity index is 228. The summed E-state index contributed by atoms with van der Waals surface area (Å²) in [5.41, 5.74) is -0.00308. The van der Waals surface area contributed by atoms with Gasteiger partial charge in [0.05, 0.1) is 5.60 Å². The van der Waals surface area contributed by atoms with Gasteiger partial charge in [0.15, 0.2) is 5.78 Å². The van der Waals surface area contributed by atoms with Gasteiger partial charge in [-0.3, -0.25) is 4.79 Å². The quantitative estimate of drug-likeness (QED) is 0.646. The van der Waals surface area contributed by atoms with Gasteiger partial charge in [-0.05, 0) is 24.8 Å². The van der Waals surface area contributed by atoms with Crippen LogP contribution in [0.1, 0.15) is 33.6 Å². The maximum Gasteiger partial charge on any atom is 0.161 e. The summed E-state index contributed by atoms with van der Waals surface area (Å²) >= 11 is 0. The number of hydrogen-bond acceptors (Lipinski definition) is 2. The van der Waals surface area contributed by atoms with E-state index in [-0.39, 0.29) is 18.1 Å². The highest BCUT2D eigenvalue weighted by Gasteiger charge is 2.35. The molecule has 0 unspecified atom stereocenters. The van der Waals surface area contributed by atoms with Crippen LogP contribution in [0.5, 0.6) is 0 Å². The molecule has 0 spiro atoms. The molecule has 1 aliphatic carbocycles. The summed E-state index contributed by atoms with van der Waals surface area (Å²) in [6.07, 6.45) is 2.74. The summed E-state index contributed by atoms with van der Waals surface area (Å²) in [5.74, 6) is 0.225. The average Bonchev–Trinajstić information content (AvgIpc) is 1.97. The van der Waals surface area contributed by atoms with Gasteiger partial charge in [-0.2, -0.15) is 0 Å². The molecule has 0 radical (unpaired) electrons. The Morgan fingerprint density at radius 2 is 2.17 bits per heavy atom. The third-order valence-electron chi connectivity index (χ3n) is 2.74. The maximum atomic E-state index is 11.3. The van der Waals surface area contributed by atoms with E-state index in [2.05, 4.69) is 0 Å². The molecule has 0 fully saturated rings. The van der Waals surface area contributed by atoms with Crippen molar-refractivity contribution in [2.45, 2.75) is 39.2 Å². The fraction of sp³-hybridized carbons (Fsp3) is 0.700. The smallest absolute Gasteiger partial charge is 0.161 e. The zero-order valence-electron chi connectivity index (χ0n) is 7.92. The zero-order chi connectivity index (χ0) is 9.35. The molecule has 1 rings (SSSR count). The lowest BCUT2D eigenvalue weighted by Crippen LogP contribution is -2.39. The molecule has 2 nitrogen and oxygen atoms in total. The van der Waals surface area contributed by atoms with Gasteiger partial charge >= 0.3 is 0 Å². The van der Waals surface area contributed by atoms with Gasteiger partial charge in [-0.25, -0.2) is 0 Å². The molecule has 0 amide bonds. The van der Waals surface area contributed by atoms with Crippen molar-refractivity contribution in [1.82, 2.24) is 0 Å². The largest absolute Gasteiger partial charge is 0.389 e. The van der Waals surface area contributed by atoms with Gasteiger partial charge in [-0.1, -0.05) is 19.9 Å². The number of carbonyl (C=O) groups excluding carboxylic acids is 1. The molecular weight excluding hydrogens is 152 g/mol. The lowest BCUT2D eigenvalue weighted by atomic mass is 9.78. The van der Waals surface area contributed by atoms with Crippen molar-refractivity contribution in [3.8, 4) is 0 Å². The van der Waals surface area contributed by atoms with Crippen molar-refractivity contribution >= 4 is 5.78 Å². The van der Waals surface area contributed by atoms with Crippen molar-refractivity contribution < 1.29 is 9.90 Å². The van der Waals surface area contributed by atoms with Crippen LogP contribution in [0.3, 0.4) is 0 Å². The first-order chi connectivity index (χ1) is 5.46. The van der Waals surface area contributed by atoms with Crippen LogP contribution in [0.25, 0.3) is 0 Å². The lowest BCUT2D eigenvalue weighted by molar-refractivity contribution is -0.123. The van der Waals surface area contributed by atoms with Crippen molar-refractivity contribution in [2.75, 3.05) is 0 Å². The number of carbonyl (C=O) groups is 1. The highest BCUT2D eigenvalue weighted by molar-refractivity contribution is 5.96. The molecule has 2 heteroatoms. The fourth-order valence-electron chi connectivity index (χ4n) is 1.37. The van der Waals surface area contributed by atoms with Crippen LogP contribution >= 0.6 is 0 Å². The topological polar surface area (TPSA) is 37.3 Å². The van der Waals surface area contributed by atoms with Crippen molar-refractivity contribution in [3.63, 3.8) is 0 Å². The average molecular weight is 168 g/mol. The molecule has 1 N–H and O–H groups in total. The number of hydrogen-bond donors (Lipinski definition) is 1. The van der Waals surface area contributed by atoms with Crippen molar-refractivity contribution in [2.24, 2.45) is 5.92 Å². The first-order valence-electron chi connectivity index (χ1n) is 4.38. The van der Waals surface area contributed by atoms with E-state index in [0.717, 1.165) is 5.57 Å². The second-order valence-electron chi connectivity index (χ2n) is 3.95. The molecule has 0 bridgehead atoms. The predicted octanol–water partition coefficient (Wildman–Crippen LogP) is 1.68. The Balaban J connectivity index is 2.83. The summed E-state index contributed by atoms with van der Waals surface area (Å²) in [6, 6.07) is 0. The Kier molecular flexibility index (Phi) is 2.38. The Labute approximate surface area is 73.3 Å². The zero-order valence-corrected chi connectivity index (χ0v) is 7.92. The summed E-state index contributed by atoms with van der Waals surface area (Å²) in [7, 11) is 0. The molecule has 0 saturated carbocycles. The normalized spacial score (nSPS) is 30.8. The van der Waals surface area contributed by atoms with Crippen molar-refractivity contribution in [1.29, 1.82) is 0 Å². The Morgan fingerprint density at radius 1 is 1.58 bits per heavy atom.